The van der Waals surface area contributed by atoms with E-state index in [1.807, 2.05) is 24.3 Å². The topological polar surface area (TPSA) is 64.1 Å². The summed E-state index contributed by atoms with van der Waals surface area (Å²) in [7, 11) is 2.88. The average molecular weight is 311 g/mol. The number of benzene rings is 1. The molecule has 0 atom stereocenters. The van der Waals surface area contributed by atoms with Gasteiger partial charge in [0, 0.05) is 17.1 Å². The number of rotatable bonds is 2. The fourth-order valence-corrected chi connectivity index (χ4v) is 1.98. The number of carbonyl (C=O) groups excluding carboxylic acids is 1. The Balaban J connectivity index is 2.66. The van der Waals surface area contributed by atoms with Crippen molar-refractivity contribution in [2.45, 2.75) is 0 Å². The number of imidazole rings is 1. The van der Waals surface area contributed by atoms with Gasteiger partial charge in [0.15, 0.2) is 5.69 Å². The summed E-state index contributed by atoms with van der Waals surface area (Å²) < 4.78 is 6.97. The Hall–Kier alpha value is -1.82. The van der Waals surface area contributed by atoms with E-state index in [2.05, 4.69) is 25.7 Å². The second-order valence-electron chi connectivity index (χ2n) is 3.71. The summed E-state index contributed by atoms with van der Waals surface area (Å²) in [6.45, 7) is 0. The molecule has 0 bridgehead atoms. The van der Waals surface area contributed by atoms with E-state index in [0.717, 1.165) is 10.0 Å². The lowest BCUT2D eigenvalue weighted by Gasteiger charge is -2.05. The van der Waals surface area contributed by atoms with Crippen LogP contribution in [0.25, 0.3) is 11.3 Å². The molecule has 0 radical (unpaired) electrons. The summed E-state index contributed by atoms with van der Waals surface area (Å²) in [6, 6.07) is 7.32. The number of halogens is 1. The first-order chi connectivity index (χ1) is 8.54. The van der Waals surface area contributed by atoms with Gasteiger partial charge in [-0.2, -0.15) is 0 Å². The minimum absolute atomic E-state index is 0.160. The van der Waals surface area contributed by atoms with Gasteiger partial charge in [0.25, 0.3) is 0 Å². The molecule has 0 aliphatic carbocycles. The fraction of sp³-hybridized carbons (Fsp3) is 0.167. The number of hydrogen-bond donors (Lipinski definition) is 1. The number of ether oxygens (including phenoxy) is 1. The van der Waals surface area contributed by atoms with Crippen molar-refractivity contribution in [1.29, 1.82) is 0 Å². The van der Waals surface area contributed by atoms with Crippen LogP contribution >= 0.6 is 15.9 Å². The van der Waals surface area contributed by atoms with Gasteiger partial charge in [-0.05, 0) is 12.1 Å². The van der Waals surface area contributed by atoms with Crippen LogP contribution in [-0.2, 0) is 11.8 Å². The molecule has 0 amide bonds. The van der Waals surface area contributed by atoms with Gasteiger partial charge in [0.1, 0.15) is 0 Å². The first-order valence-corrected chi connectivity index (χ1v) is 5.97. The molecule has 5 nitrogen and oxygen atoms in total. The van der Waals surface area contributed by atoms with Gasteiger partial charge in [-0.1, -0.05) is 28.1 Å². The maximum Gasteiger partial charge on any atom is 0.356 e. The second kappa shape index (κ2) is 4.81. The van der Waals surface area contributed by atoms with Crippen molar-refractivity contribution in [2.75, 3.05) is 7.11 Å². The molecule has 0 unspecified atom stereocenters. The number of carbonyl (C=O) groups is 1. The largest absolute Gasteiger partial charge is 0.464 e. The van der Waals surface area contributed by atoms with Crippen LogP contribution in [-0.4, -0.2) is 22.6 Å². The third-order valence-corrected chi connectivity index (χ3v) is 3.14. The smallest absolute Gasteiger partial charge is 0.356 e. The molecule has 1 aromatic carbocycles. The summed E-state index contributed by atoms with van der Waals surface area (Å²) in [5.74, 6) is -0.564. The molecule has 2 aromatic rings. The molecule has 1 heterocycles. The third-order valence-electron chi connectivity index (χ3n) is 2.62. The lowest BCUT2D eigenvalue weighted by Crippen LogP contribution is -2.13. The predicted octanol–water partition coefficient (Wildman–Crippen LogP) is 1.93. The molecule has 0 spiro atoms. The lowest BCUT2D eigenvalue weighted by molar-refractivity contribution is 0.0595. The van der Waals surface area contributed by atoms with E-state index >= 15 is 0 Å². The van der Waals surface area contributed by atoms with E-state index in [9.17, 15) is 9.59 Å². The maximum atomic E-state index is 11.6. The molecule has 0 saturated carbocycles. The molecule has 0 fully saturated rings. The van der Waals surface area contributed by atoms with Gasteiger partial charge in [-0.25, -0.2) is 9.59 Å². The van der Waals surface area contributed by atoms with E-state index in [0.29, 0.717) is 5.69 Å². The number of nitrogens with one attached hydrogen (secondary N) is 1. The quantitative estimate of drug-likeness (QED) is 0.862. The van der Waals surface area contributed by atoms with Gasteiger partial charge in [-0.3, -0.25) is 9.55 Å². The first kappa shape index (κ1) is 12.6. The highest BCUT2D eigenvalue weighted by Gasteiger charge is 2.19. The number of methoxy groups -OCH3 is 1. The third kappa shape index (κ3) is 2.11. The van der Waals surface area contributed by atoms with E-state index in [1.165, 1.54) is 11.7 Å². The van der Waals surface area contributed by atoms with Crippen LogP contribution in [0.3, 0.4) is 0 Å². The van der Waals surface area contributed by atoms with E-state index in [1.54, 1.807) is 7.05 Å². The van der Waals surface area contributed by atoms with Crippen molar-refractivity contribution in [1.82, 2.24) is 9.55 Å². The molecule has 0 aliphatic heterocycles. The Morgan fingerprint density at radius 1 is 1.33 bits per heavy atom. The lowest BCUT2D eigenvalue weighted by atomic mass is 10.1. The number of aromatic nitrogens is 2. The SMILES string of the molecule is COC(=O)c1[nH]c(=O)n(C)c1-c1ccc(Br)cc1. The summed E-state index contributed by atoms with van der Waals surface area (Å²) in [5, 5.41) is 0. The van der Waals surface area contributed by atoms with Crippen molar-refractivity contribution < 1.29 is 9.53 Å². The molecule has 1 aromatic heterocycles. The Bertz CT molecular complexity index is 640. The minimum Gasteiger partial charge on any atom is -0.464 e. The molecule has 18 heavy (non-hydrogen) atoms. The summed E-state index contributed by atoms with van der Waals surface area (Å²) >= 11 is 3.33. The van der Waals surface area contributed by atoms with E-state index in [-0.39, 0.29) is 11.4 Å². The number of H-pyrrole nitrogens is 1. The molecule has 94 valence electrons. The van der Waals surface area contributed by atoms with Crippen LogP contribution in [0, 0.1) is 0 Å². The summed E-state index contributed by atoms with van der Waals surface area (Å²) in [6.07, 6.45) is 0. The van der Waals surface area contributed by atoms with Crippen molar-refractivity contribution >= 4 is 21.9 Å². The average Bonchev–Trinajstić information content (AvgIpc) is 2.66. The molecule has 0 saturated heterocycles. The molecule has 0 aliphatic rings. The zero-order valence-corrected chi connectivity index (χ0v) is 11.4. The van der Waals surface area contributed by atoms with Crippen LogP contribution in [0.2, 0.25) is 0 Å². The second-order valence-corrected chi connectivity index (χ2v) is 4.63. The van der Waals surface area contributed by atoms with E-state index in [4.69, 9.17) is 0 Å². The van der Waals surface area contributed by atoms with Crippen molar-refractivity contribution in [3.05, 3.63) is 44.9 Å². The van der Waals surface area contributed by atoms with E-state index < -0.39 is 5.97 Å². The Kier molecular flexibility index (Phi) is 3.38. The highest BCUT2D eigenvalue weighted by atomic mass is 79.9. The maximum absolute atomic E-state index is 11.6. The zero-order chi connectivity index (χ0) is 13.3. The first-order valence-electron chi connectivity index (χ1n) is 5.18. The van der Waals surface area contributed by atoms with Crippen LogP contribution in [0.5, 0.6) is 0 Å². The van der Waals surface area contributed by atoms with Crippen molar-refractivity contribution in [2.24, 2.45) is 7.05 Å². The predicted molar refractivity (Wildman–Crippen MR) is 70.5 cm³/mol. The van der Waals surface area contributed by atoms with Crippen molar-refractivity contribution in [3.63, 3.8) is 0 Å². The normalized spacial score (nSPS) is 10.4. The molecule has 2 rings (SSSR count). The number of esters is 1. The van der Waals surface area contributed by atoms with Crippen LogP contribution in [0.4, 0.5) is 0 Å². The number of aromatic amines is 1. The Morgan fingerprint density at radius 3 is 2.50 bits per heavy atom. The monoisotopic (exact) mass is 310 g/mol. The van der Waals surface area contributed by atoms with Gasteiger partial charge in [0.2, 0.25) is 0 Å². The highest BCUT2D eigenvalue weighted by molar-refractivity contribution is 9.10. The minimum atomic E-state index is -0.564. The Morgan fingerprint density at radius 2 is 1.94 bits per heavy atom. The van der Waals surface area contributed by atoms with Crippen LogP contribution < -0.4 is 5.69 Å². The number of hydrogen-bond acceptors (Lipinski definition) is 3. The standard InChI is InChI=1S/C12H11BrN2O3/c1-15-10(7-3-5-8(13)6-4-7)9(11(16)18-2)14-12(15)17/h3-6H,1-2H3,(H,14,17). The molecule has 6 heteroatoms. The fourth-order valence-electron chi connectivity index (χ4n) is 1.71. The van der Waals surface area contributed by atoms with Crippen LogP contribution in [0.1, 0.15) is 10.5 Å². The molecular formula is C12H11BrN2O3. The zero-order valence-electron chi connectivity index (χ0n) is 9.86. The Labute approximate surface area is 112 Å². The van der Waals surface area contributed by atoms with Crippen molar-refractivity contribution in [3.8, 4) is 11.3 Å². The number of nitrogens with zero attached hydrogens (tertiary/aromatic N) is 1. The van der Waals surface area contributed by atoms with Crippen LogP contribution in [0.15, 0.2) is 33.5 Å². The summed E-state index contributed by atoms with van der Waals surface area (Å²) in [5.41, 5.74) is 1.08. The van der Waals surface area contributed by atoms with Gasteiger partial charge in [0.05, 0.1) is 12.8 Å². The van der Waals surface area contributed by atoms with Gasteiger partial charge in [-0.15, -0.1) is 0 Å². The van der Waals surface area contributed by atoms with Gasteiger partial charge >= 0.3 is 11.7 Å². The molecular weight excluding hydrogens is 300 g/mol. The summed E-state index contributed by atoms with van der Waals surface area (Å²) in [4.78, 5) is 25.7. The highest BCUT2D eigenvalue weighted by Crippen LogP contribution is 2.23. The molecule has 1 N–H and O–H groups in total. The van der Waals surface area contributed by atoms with Gasteiger partial charge < -0.3 is 4.74 Å².